The molecule has 3 nitrogen and oxygen atoms in total. The van der Waals surface area contributed by atoms with Crippen molar-refractivity contribution in [2.24, 2.45) is 11.8 Å². The molecular weight excluding hydrogens is 276 g/mol. The van der Waals surface area contributed by atoms with Gasteiger partial charge in [0.15, 0.2) is 11.6 Å². The molecule has 0 aromatic heterocycles. The monoisotopic (exact) mass is 295 g/mol. The molecule has 0 spiro atoms. The molecule has 1 saturated carbocycles. The lowest BCUT2D eigenvalue weighted by atomic mass is 9.98. The van der Waals surface area contributed by atoms with Crippen LogP contribution in [0.5, 0.6) is 0 Å². The number of amides is 1. The highest BCUT2D eigenvalue weighted by atomic mass is 19.2. The van der Waals surface area contributed by atoms with E-state index < -0.39 is 11.6 Å². The van der Waals surface area contributed by atoms with Crippen molar-refractivity contribution in [3.05, 3.63) is 35.4 Å². The second-order valence-electron chi connectivity index (χ2n) is 6.10. The molecule has 5 heteroatoms. The first-order valence-electron chi connectivity index (χ1n) is 7.44. The van der Waals surface area contributed by atoms with Crippen molar-refractivity contribution in [1.82, 2.24) is 4.90 Å². The van der Waals surface area contributed by atoms with Gasteiger partial charge in [-0.25, -0.2) is 8.78 Å². The molecule has 2 fully saturated rings. The van der Waals surface area contributed by atoms with Crippen LogP contribution in [0.25, 0.3) is 0 Å². The normalized spacial score (nSPS) is 28.5. The van der Waals surface area contributed by atoms with Crippen LogP contribution in [0.1, 0.15) is 30.7 Å². The summed E-state index contributed by atoms with van der Waals surface area (Å²) in [6.45, 7) is 1.45. The minimum Gasteiger partial charge on any atom is -0.396 e. The number of rotatable bonds is 3. The van der Waals surface area contributed by atoms with Gasteiger partial charge in [-0.1, -0.05) is 6.07 Å². The zero-order valence-electron chi connectivity index (χ0n) is 11.8. The molecule has 3 unspecified atom stereocenters. The zero-order valence-corrected chi connectivity index (χ0v) is 11.8. The first-order valence-corrected chi connectivity index (χ1v) is 7.44. The van der Waals surface area contributed by atoms with E-state index in [-0.39, 0.29) is 30.3 Å². The Morgan fingerprint density at radius 1 is 1.33 bits per heavy atom. The minimum atomic E-state index is -0.857. The van der Waals surface area contributed by atoms with Gasteiger partial charge in [-0.3, -0.25) is 4.79 Å². The lowest BCUT2D eigenvalue weighted by Crippen LogP contribution is -2.41. The van der Waals surface area contributed by atoms with Crippen molar-refractivity contribution in [3.63, 3.8) is 0 Å². The molecule has 1 aliphatic heterocycles. The van der Waals surface area contributed by atoms with Gasteiger partial charge in [0.1, 0.15) is 0 Å². The highest BCUT2D eigenvalue weighted by Gasteiger charge is 2.46. The average molecular weight is 295 g/mol. The molecule has 2 aliphatic rings. The second-order valence-corrected chi connectivity index (χ2v) is 6.10. The van der Waals surface area contributed by atoms with E-state index in [1.54, 1.807) is 6.07 Å². The number of benzene rings is 1. The Bertz CT molecular complexity index is 549. The lowest BCUT2D eigenvalue weighted by molar-refractivity contribution is -0.134. The third-order valence-electron chi connectivity index (χ3n) is 4.57. The van der Waals surface area contributed by atoms with Crippen LogP contribution in [0.15, 0.2) is 18.2 Å². The third-order valence-corrected chi connectivity index (χ3v) is 4.57. The molecule has 114 valence electrons. The predicted octanol–water partition coefficient (Wildman–Crippen LogP) is 2.30. The smallest absolute Gasteiger partial charge is 0.226 e. The fourth-order valence-electron chi connectivity index (χ4n) is 3.23. The van der Waals surface area contributed by atoms with Gasteiger partial charge in [0, 0.05) is 25.6 Å². The molecule has 1 amide bonds. The maximum absolute atomic E-state index is 13.2. The van der Waals surface area contributed by atoms with Crippen molar-refractivity contribution in [2.45, 2.75) is 25.2 Å². The predicted molar refractivity (Wildman–Crippen MR) is 73.6 cm³/mol. The summed E-state index contributed by atoms with van der Waals surface area (Å²) in [6.07, 6.45) is 2.57. The van der Waals surface area contributed by atoms with Crippen molar-refractivity contribution < 1.29 is 18.7 Å². The average Bonchev–Trinajstić information content (AvgIpc) is 3.30. The van der Waals surface area contributed by atoms with E-state index >= 15 is 0 Å². The van der Waals surface area contributed by atoms with Gasteiger partial charge in [0.05, 0.1) is 0 Å². The summed E-state index contributed by atoms with van der Waals surface area (Å²) < 4.78 is 26.2. The molecule has 3 rings (SSSR count). The molecule has 0 radical (unpaired) electrons. The van der Waals surface area contributed by atoms with Crippen LogP contribution < -0.4 is 0 Å². The van der Waals surface area contributed by atoms with Gasteiger partial charge >= 0.3 is 0 Å². The van der Waals surface area contributed by atoms with E-state index in [2.05, 4.69) is 0 Å². The topological polar surface area (TPSA) is 40.5 Å². The Morgan fingerprint density at radius 3 is 2.86 bits per heavy atom. The lowest BCUT2D eigenvalue weighted by Gasteiger charge is -2.32. The molecule has 3 atom stereocenters. The Labute approximate surface area is 122 Å². The molecule has 1 N–H and O–H groups in total. The van der Waals surface area contributed by atoms with E-state index in [9.17, 15) is 18.7 Å². The Hall–Kier alpha value is -1.49. The van der Waals surface area contributed by atoms with Crippen molar-refractivity contribution in [3.8, 4) is 0 Å². The SMILES string of the molecule is O=C(C1CC1c1ccc(F)c(F)c1)N1CCCC(CO)C1. The van der Waals surface area contributed by atoms with E-state index in [1.165, 1.54) is 6.07 Å². The summed E-state index contributed by atoms with van der Waals surface area (Å²) >= 11 is 0. The summed E-state index contributed by atoms with van der Waals surface area (Å²) in [6, 6.07) is 3.87. The summed E-state index contributed by atoms with van der Waals surface area (Å²) in [5, 5.41) is 9.22. The van der Waals surface area contributed by atoms with E-state index in [0.717, 1.165) is 25.5 Å². The van der Waals surface area contributed by atoms with E-state index in [0.29, 0.717) is 18.5 Å². The van der Waals surface area contributed by atoms with Gasteiger partial charge in [-0.05, 0) is 48.8 Å². The van der Waals surface area contributed by atoms with Crippen molar-refractivity contribution >= 4 is 5.91 Å². The molecule has 1 aliphatic carbocycles. The number of nitrogens with zero attached hydrogens (tertiary/aromatic N) is 1. The third kappa shape index (κ3) is 2.93. The van der Waals surface area contributed by atoms with Gasteiger partial charge < -0.3 is 10.0 Å². The van der Waals surface area contributed by atoms with Crippen LogP contribution in [-0.2, 0) is 4.79 Å². The molecule has 0 bridgehead atoms. The Kier molecular flexibility index (Phi) is 3.93. The van der Waals surface area contributed by atoms with Crippen LogP contribution >= 0.6 is 0 Å². The summed E-state index contributed by atoms with van der Waals surface area (Å²) in [4.78, 5) is 14.2. The zero-order chi connectivity index (χ0) is 15.0. The molecule has 1 saturated heterocycles. The molecule has 21 heavy (non-hydrogen) atoms. The van der Waals surface area contributed by atoms with Crippen LogP contribution in [0.4, 0.5) is 8.78 Å². The summed E-state index contributed by atoms with van der Waals surface area (Å²) in [7, 11) is 0. The number of hydrogen-bond acceptors (Lipinski definition) is 2. The number of piperidine rings is 1. The van der Waals surface area contributed by atoms with Gasteiger partial charge in [-0.15, -0.1) is 0 Å². The molecular formula is C16H19F2NO2. The Morgan fingerprint density at radius 2 is 2.14 bits per heavy atom. The number of likely N-dealkylation sites (tertiary alicyclic amines) is 1. The summed E-state index contributed by atoms with van der Waals surface area (Å²) in [5.41, 5.74) is 0.697. The number of aliphatic hydroxyl groups excluding tert-OH is 1. The van der Waals surface area contributed by atoms with Gasteiger partial charge in [-0.2, -0.15) is 0 Å². The van der Waals surface area contributed by atoms with Crippen LogP contribution in [-0.4, -0.2) is 35.6 Å². The second kappa shape index (κ2) is 5.72. The number of halogens is 2. The fourth-order valence-corrected chi connectivity index (χ4v) is 3.23. The number of aliphatic hydroxyl groups is 1. The van der Waals surface area contributed by atoms with Gasteiger partial charge in [0.25, 0.3) is 0 Å². The van der Waals surface area contributed by atoms with E-state index in [1.807, 2.05) is 4.90 Å². The van der Waals surface area contributed by atoms with Crippen LogP contribution in [0.3, 0.4) is 0 Å². The first-order chi connectivity index (χ1) is 10.1. The summed E-state index contributed by atoms with van der Waals surface area (Å²) in [5.74, 6) is -1.58. The highest BCUT2D eigenvalue weighted by Crippen LogP contribution is 2.49. The first kappa shape index (κ1) is 14.4. The van der Waals surface area contributed by atoms with Crippen LogP contribution in [0.2, 0.25) is 0 Å². The Balaban J connectivity index is 1.64. The number of carbonyl (C=O) groups is 1. The maximum atomic E-state index is 13.2. The van der Waals surface area contributed by atoms with Crippen molar-refractivity contribution in [2.75, 3.05) is 19.7 Å². The van der Waals surface area contributed by atoms with Crippen molar-refractivity contribution in [1.29, 1.82) is 0 Å². The fraction of sp³-hybridized carbons (Fsp3) is 0.562. The highest BCUT2D eigenvalue weighted by molar-refractivity contribution is 5.83. The molecule has 1 heterocycles. The molecule has 1 aromatic carbocycles. The largest absolute Gasteiger partial charge is 0.396 e. The maximum Gasteiger partial charge on any atom is 0.226 e. The van der Waals surface area contributed by atoms with Gasteiger partial charge in [0.2, 0.25) is 5.91 Å². The van der Waals surface area contributed by atoms with Crippen LogP contribution in [0, 0.1) is 23.5 Å². The standard InChI is InChI=1S/C16H19F2NO2/c17-14-4-3-11(6-15(14)18)12-7-13(12)16(21)19-5-1-2-10(8-19)9-20/h3-4,6,10,12-13,20H,1-2,5,7-9H2. The minimum absolute atomic E-state index is 0.00195. The quantitative estimate of drug-likeness (QED) is 0.929. The number of hydrogen-bond donors (Lipinski definition) is 1. The molecule has 1 aromatic rings. The van der Waals surface area contributed by atoms with E-state index in [4.69, 9.17) is 0 Å². The number of carbonyl (C=O) groups excluding carboxylic acids is 1.